The Balaban J connectivity index is 1.66. The van der Waals surface area contributed by atoms with Gasteiger partial charge in [0, 0.05) is 24.7 Å². The molecule has 2 aromatic carbocycles. The Morgan fingerprint density at radius 3 is 2.54 bits per heavy atom. The Hall–Kier alpha value is -2.66. The minimum Gasteiger partial charge on any atom is -0.352 e. The Morgan fingerprint density at radius 2 is 1.81 bits per heavy atom. The van der Waals surface area contributed by atoms with Crippen molar-refractivity contribution in [2.24, 2.45) is 0 Å². The first kappa shape index (κ1) is 18.1. The number of nitrogens with zero attached hydrogens (tertiary/aromatic N) is 1. The normalized spacial score (nSPS) is 19.9. The summed E-state index contributed by atoms with van der Waals surface area (Å²) in [5, 5.41) is 6.00. The summed E-state index contributed by atoms with van der Waals surface area (Å²) in [6, 6.07) is 17.7. The van der Waals surface area contributed by atoms with Crippen molar-refractivity contribution in [3.63, 3.8) is 0 Å². The molecule has 2 N–H and O–H groups in total. The molecule has 0 saturated carbocycles. The van der Waals surface area contributed by atoms with Crippen LogP contribution in [0.3, 0.4) is 0 Å². The van der Waals surface area contributed by atoms with Gasteiger partial charge in [-0.2, -0.15) is 0 Å². The van der Waals surface area contributed by atoms with Crippen molar-refractivity contribution in [1.82, 2.24) is 10.2 Å². The maximum Gasteiger partial charge on any atom is 0.241 e. The molecule has 2 amide bonds. The Bertz CT molecular complexity index is 776. The molecule has 0 bridgehead atoms. The van der Waals surface area contributed by atoms with E-state index >= 15 is 0 Å². The molecule has 1 aliphatic rings. The average molecular weight is 351 g/mol. The number of anilines is 1. The van der Waals surface area contributed by atoms with Gasteiger partial charge >= 0.3 is 0 Å². The summed E-state index contributed by atoms with van der Waals surface area (Å²) >= 11 is 0. The van der Waals surface area contributed by atoms with Gasteiger partial charge in [0.2, 0.25) is 11.8 Å². The first-order chi connectivity index (χ1) is 12.6. The van der Waals surface area contributed by atoms with E-state index in [4.69, 9.17) is 0 Å². The first-order valence-electron chi connectivity index (χ1n) is 9.02. The average Bonchev–Trinajstić information content (AvgIpc) is 3.02. The number of amides is 2. The number of carbonyl (C=O) groups is 2. The van der Waals surface area contributed by atoms with Gasteiger partial charge in [-0.25, -0.2) is 0 Å². The van der Waals surface area contributed by atoms with E-state index in [1.807, 2.05) is 73.5 Å². The highest BCUT2D eigenvalue weighted by molar-refractivity contribution is 5.95. The Morgan fingerprint density at radius 1 is 1.08 bits per heavy atom. The van der Waals surface area contributed by atoms with Crippen molar-refractivity contribution in [2.75, 3.05) is 18.9 Å². The molecule has 5 nitrogen and oxygen atoms in total. The van der Waals surface area contributed by atoms with E-state index in [0.717, 1.165) is 16.8 Å². The van der Waals surface area contributed by atoms with E-state index in [1.54, 1.807) is 0 Å². The van der Waals surface area contributed by atoms with Gasteiger partial charge in [-0.15, -0.1) is 0 Å². The van der Waals surface area contributed by atoms with Crippen molar-refractivity contribution in [1.29, 1.82) is 0 Å². The van der Waals surface area contributed by atoms with Crippen LogP contribution in [0, 0.1) is 0 Å². The lowest BCUT2D eigenvalue weighted by Crippen LogP contribution is -2.37. The van der Waals surface area contributed by atoms with Crippen LogP contribution in [-0.4, -0.2) is 42.4 Å². The molecule has 1 fully saturated rings. The summed E-state index contributed by atoms with van der Waals surface area (Å²) < 4.78 is 0. The number of rotatable bonds is 5. The van der Waals surface area contributed by atoms with Crippen molar-refractivity contribution in [3.8, 4) is 11.1 Å². The summed E-state index contributed by atoms with van der Waals surface area (Å²) in [7, 11) is 1.92. The van der Waals surface area contributed by atoms with Crippen LogP contribution in [0.1, 0.15) is 19.8 Å². The minimum absolute atomic E-state index is 0.0267. The van der Waals surface area contributed by atoms with Crippen LogP contribution in [0.5, 0.6) is 0 Å². The number of nitrogens with one attached hydrogen (secondary N) is 2. The highest BCUT2D eigenvalue weighted by Crippen LogP contribution is 2.23. The van der Waals surface area contributed by atoms with Crippen LogP contribution in [0.4, 0.5) is 5.69 Å². The SMILES string of the molecule is CCC(=O)N[C@H]1C[C@H](C(=O)Nc2cccc(-c3ccccc3)c2)N(C)C1. The van der Waals surface area contributed by atoms with E-state index < -0.39 is 0 Å². The third-order valence-electron chi connectivity index (χ3n) is 4.77. The second-order valence-electron chi connectivity index (χ2n) is 6.75. The summed E-state index contributed by atoms with van der Waals surface area (Å²) in [4.78, 5) is 26.3. The molecule has 0 spiro atoms. The highest BCUT2D eigenvalue weighted by Gasteiger charge is 2.35. The van der Waals surface area contributed by atoms with Gasteiger partial charge in [0.1, 0.15) is 0 Å². The lowest BCUT2D eigenvalue weighted by atomic mass is 10.1. The van der Waals surface area contributed by atoms with E-state index in [9.17, 15) is 9.59 Å². The summed E-state index contributed by atoms with van der Waals surface area (Å²) in [5.41, 5.74) is 2.96. The standard InChI is InChI=1S/C21H25N3O2/c1-3-20(25)22-18-13-19(24(2)14-18)21(26)23-17-11-7-10-16(12-17)15-8-5-4-6-9-15/h4-12,18-19H,3,13-14H2,1-2H3,(H,22,25)(H,23,26)/t18-,19+/m0/s1. The molecular weight excluding hydrogens is 326 g/mol. The van der Waals surface area contributed by atoms with E-state index in [-0.39, 0.29) is 23.9 Å². The van der Waals surface area contributed by atoms with Crippen molar-refractivity contribution in [2.45, 2.75) is 31.8 Å². The topological polar surface area (TPSA) is 61.4 Å². The number of hydrogen-bond donors (Lipinski definition) is 2. The highest BCUT2D eigenvalue weighted by atomic mass is 16.2. The van der Waals surface area contributed by atoms with Crippen LogP contribution in [-0.2, 0) is 9.59 Å². The molecule has 0 radical (unpaired) electrons. The minimum atomic E-state index is -0.238. The summed E-state index contributed by atoms with van der Waals surface area (Å²) in [6.07, 6.45) is 1.09. The zero-order valence-corrected chi connectivity index (χ0v) is 15.2. The van der Waals surface area contributed by atoms with Crippen molar-refractivity contribution < 1.29 is 9.59 Å². The van der Waals surface area contributed by atoms with Crippen molar-refractivity contribution in [3.05, 3.63) is 54.6 Å². The van der Waals surface area contributed by atoms with Gasteiger partial charge in [0.05, 0.1) is 6.04 Å². The number of likely N-dealkylation sites (N-methyl/N-ethyl adjacent to an activating group) is 1. The van der Waals surface area contributed by atoms with Crippen LogP contribution in [0.2, 0.25) is 0 Å². The lowest BCUT2D eigenvalue weighted by molar-refractivity contribution is -0.122. The molecule has 2 aromatic rings. The predicted molar refractivity (Wildman–Crippen MR) is 104 cm³/mol. The second kappa shape index (κ2) is 8.15. The number of likely N-dealkylation sites (tertiary alicyclic amines) is 1. The molecular formula is C21H25N3O2. The molecule has 0 unspecified atom stereocenters. The zero-order valence-electron chi connectivity index (χ0n) is 15.2. The van der Waals surface area contributed by atoms with Crippen molar-refractivity contribution >= 4 is 17.5 Å². The first-order valence-corrected chi connectivity index (χ1v) is 9.02. The maximum absolute atomic E-state index is 12.7. The van der Waals surface area contributed by atoms with E-state index in [0.29, 0.717) is 19.4 Å². The van der Waals surface area contributed by atoms with E-state index in [2.05, 4.69) is 10.6 Å². The number of hydrogen-bond acceptors (Lipinski definition) is 3. The van der Waals surface area contributed by atoms with E-state index in [1.165, 1.54) is 0 Å². The number of carbonyl (C=O) groups excluding carboxylic acids is 2. The maximum atomic E-state index is 12.7. The predicted octanol–water partition coefficient (Wildman–Crippen LogP) is 2.89. The fourth-order valence-corrected chi connectivity index (χ4v) is 3.37. The molecule has 2 atom stereocenters. The summed E-state index contributed by atoms with van der Waals surface area (Å²) in [5.74, 6) is -0.00835. The quantitative estimate of drug-likeness (QED) is 0.871. The van der Waals surface area contributed by atoms with Gasteiger partial charge < -0.3 is 10.6 Å². The van der Waals surface area contributed by atoms with Crippen LogP contribution < -0.4 is 10.6 Å². The number of benzene rings is 2. The fraction of sp³-hybridized carbons (Fsp3) is 0.333. The molecule has 0 aliphatic carbocycles. The zero-order chi connectivity index (χ0) is 18.5. The smallest absolute Gasteiger partial charge is 0.241 e. The summed E-state index contributed by atoms with van der Waals surface area (Å²) in [6.45, 7) is 2.52. The van der Waals surface area contributed by atoms with Gasteiger partial charge in [-0.3, -0.25) is 14.5 Å². The van der Waals surface area contributed by atoms with Crippen LogP contribution in [0.15, 0.2) is 54.6 Å². The molecule has 26 heavy (non-hydrogen) atoms. The van der Waals surface area contributed by atoms with Gasteiger partial charge in [-0.1, -0.05) is 49.4 Å². The molecule has 1 aliphatic heterocycles. The molecule has 1 heterocycles. The van der Waals surface area contributed by atoms with Crippen LogP contribution in [0.25, 0.3) is 11.1 Å². The Labute approximate surface area is 154 Å². The van der Waals surface area contributed by atoms with Crippen LogP contribution >= 0.6 is 0 Å². The monoisotopic (exact) mass is 351 g/mol. The second-order valence-corrected chi connectivity index (χ2v) is 6.75. The third kappa shape index (κ3) is 4.29. The molecule has 0 aromatic heterocycles. The Kier molecular flexibility index (Phi) is 5.68. The van der Waals surface area contributed by atoms with Gasteiger partial charge in [0.15, 0.2) is 0 Å². The molecule has 136 valence electrons. The lowest BCUT2D eigenvalue weighted by Gasteiger charge is -2.18. The largest absolute Gasteiger partial charge is 0.352 e. The fourth-order valence-electron chi connectivity index (χ4n) is 3.37. The molecule has 1 saturated heterocycles. The molecule has 3 rings (SSSR count). The third-order valence-corrected chi connectivity index (χ3v) is 4.77. The van der Waals surface area contributed by atoms with Gasteiger partial charge in [-0.05, 0) is 36.7 Å². The molecule has 5 heteroatoms. The van der Waals surface area contributed by atoms with Gasteiger partial charge in [0.25, 0.3) is 0 Å².